The molecule has 1 saturated carbocycles. The van der Waals surface area contributed by atoms with Crippen LogP contribution in [0.5, 0.6) is 0 Å². The molecular weight excluding hydrogens is 164 g/mol. The Morgan fingerprint density at radius 1 is 1.77 bits per heavy atom. The zero-order valence-electron chi connectivity index (χ0n) is 8.36. The number of carbonyl (C=O) groups excluding carboxylic acids is 1. The van der Waals surface area contributed by atoms with Gasteiger partial charge in [-0.3, -0.25) is 4.79 Å². The lowest BCUT2D eigenvalue weighted by atomic mass is 10.2. The summed E-state index contributed by atoms with van der Waals surface area (Å²) >= 11 is 0. The topological polar surface area (TPSA) is 46.3 Å². The zero-order valence-corrected chi connectivity index (χ0v) is 8.36. The number of amides is 1. The Hall–Kier alpha value is -0.830. The van der Waals surface area contributed by atoms with Gasteiger partial charge in [0.05, 0.1) is 5.92 Å². The van der Waals surface area contributed by atoms with Crippen LogP contribution >= 0.6 is 0 Å². The lowest BCUT2D eigenvalue weighted by molar-refractivity contribution is -0.133. The summed E-state index contributed by atoms with van der Waals surface area (Å²) in [4.78, 5) is 13.6. The average Bonchev–Trinajstić information content (AvgIpc) is 2.76. The summed E-state index contributed by atoms with van der Waals surface area (Å²) in [5.41, 5.74) is 5.63. The van der Waals surface area contributed by atoms with Crippen molar-refractivity contribution in [3.8, 4) is 0 Å². The van der Waals surface area contributed by atoms with Crippen molar-refractivity contribution in [1.29, 1.82) is 0 Å². The molecule has 2 unspecified atom stereocenters. The van der Waals surface area contributed by atoms with E-state index in [0.717, 1.165) is 6.42 Å². The molecule has 0 radical (unpaired) electrons. The SMILES string of the molecule is C=CCN(C(=O)C1CC1N)C(C)C. The van der Waals surface area contributed by atoms with E-state index in [-0.39, 0.29) is 23.9 Å². The lowest BCUT2D eigenvalue weighted by Gasteiger charge is -2.25. The van der Waals surface area contributed by atoms with Gasteiger partial charge in [-0.05, 0) is 20.3 Å². The molecule has 1 amide bonds. The van der Waals surface area contributed by atoms with E-state index >= 15 is 0 Å². The van der Waals surface area contributed by atoms with E-state index in [4.69, 9.17) is 5.73 Å². The molecule has 13 heavy (non-hydrogen) atoms. The second-order valence-corrected chi connectivity index (χ2v) is 3.88. The summed E-state index contributed by atoms with van der Waals surface area (Å²) in [6.45, 7) is 8.28. The molecule has 0 aliphatic heterocycles. The Labute approximate surface area is 79.6 Å². The quantitative estimate of drug-likeness (QED) is 0.652. The number of rotatable bonds is 4. The standard InChI is InChI=1S/C10H18N2O/c1-4-5-12(7(2)3)10(13)8-6-9(8)11/h4,7-9H,1,5-6,11H2,2-3H3. The Morgan fingerprint density at radius 3 is 2.62 bits per heavy atom. The van der Waals surface area contributed by atoms with Crippen LogP contribution in [0.25, 0.3) is 0 Å². The molecule has 0 aromatic carbocycles. The van der Waals surface area contributed by atoms with Crippen LogP contribution in [0, 0.1) is 5.92 Å². The van der Waals surface area contributed by atoms with Crippen molar-refractivity contribution in [3.63, 3.8) is 0 Å². The maximum absolute atomic E-state index is 11.7. The molecule has 1 aliphatic rings. The van der Waals surface area contributed by atoms with Gasteiger partial charge in [0, 0.05) is 18.6 Å². The fourth-order valence-corrected chi connectivity index (χ4v) is 1.41. The van der Waals surface area contributed by atoms with Crippen LogP contribution in [0.15, 0.2) is 12.7 Å². The largest absolute Gasteiger partial charge is 0.336 e. The Morgan fingerprint density at radius 2 is 2.31 bits per heavy atom. The fraction of sp³-hybridized carbons (Fsp3) is 0.700. The van der Waals surface area contributed by atoms with Gasteiger partial charge in [0.1, 0.15) is 0 Å². The predicted octanol–water partition coefficient (Wildman–Crippen LogP) is 0.757. The number of nitrogens with zero attached hydrogens (tertiary/aromatic N) is 1. The highest BCUT2D eigenvalue weighted by Gasteiger charge is 2.42. The first kappa shape index (κ1) is 10.3. The molecule has 1 rings (SSSR count). The molecule has 0 aromatic rings. The minimum atomic E-state index is 0.0716. The van der Waals surface area contributed by atoms with Gasteiger partial charge in [0.15, 0.2) is 0 Å². The summed E-state index contributed by atoms with van der Waals surface area (Å²) in [5, 5.41) is 0. The zero-order chi connectivity index (χ0) is 10.0. The van der Waals surface area contributed by atoms with Gasteiger partial charge in [0.25, 0.3) is 0 Å². The van der Waals surface area contributed by atoms with Crippen LogP contribution in [-0.4, -0.2) is 29.4 Å². The summed E-state index contributed by atoms with van der Waals surface area (Å²) in [7, 11) is 0. The minimum absolute atomic E-state index is 0.0716. The fourth-order valence-electron chi connectivity index (χ4n) is 1.41. The normalized spacial score (nSPS) is 25.8. The third-order valence-electron chi connectivity index (χ3n) is 2.39. The van der Waals surface area contributed by atoms with Crippen LogP contribution < -0.4 is 5.73 Å². The van der Waals surface area contributed by atoms with Gasteiger partial charge in [-0.25, -0.2) is 0 Å². The van der Waals surface area contributed by atoms with E-state index in [1.165, 1.54) is 0 Å². The number of hydrogen-bond donors (Lipinski definition) is 1. The van der Waals surface area contributed by atoms with E-state index < -0.39 is 0 Å². The molecular formula is C10H18N2O. The second-order valence-electron chi connectivity index (χ2n) is 3.88. The van der Waals surface area contributed by atoms with Gasteiger partial charge in [-0.15, -0.1) is 6.58 Å². The van der Waals surface area contributed by atoms with Crippen LogP contribution in [0.4, 0.5) is 0 Å². The number of carbonyl (C=O) groups is 1. The second kappa shape index (κ2) is 3.92. The minimum Gasteiger partial charge on any atom is -0.336 e. The van der Waals surface area contributed by atoms with Gasteiger partial charge in [-0.1, -0.05) is 6.08 Å². The van der Waals surface area contributed by atoms with Crippen LogP contribution in [0.2, 0.25) is 0 Å². The number of hydrogen-bond acceptors (Lipinski definition) is 2. The third-order valence-corrected chi connectivity index (χ3v) is 2.39. The first-order valence-electron chi connectivity index (χ1n) is 4.75. The molecule has 1 aliphatic carbocycles. The molecule has 0 aromatic heterocycles. The maximum atomic E-state index is 11.7. The van der Waals surface area contributed by atoms with Crippen molar-refractivity contribution in [3.05, 3.63) is 12.7 Å². The highest BCUT2D eigenvalue weighted by atomic mass is 16.2. The monoisotopic (exact) mass is 182 g/mol. The summed E-state index contributed by atoms with van der Waals surface area (Å²) in [6, 6.07) is 0.330. The van der Waals surface area contributed by atoms with Crippen LogP contribution in [0.1, 0.15) is 20.3 Å². The average molecular weight is 182 g/mol. The van der Waals surface area contributed by atoms with E-state index in [2.05, 4.69) is 6.58 Å². The van der Waals surface area contributed by atoms with Crippen molar-refractivity contribution < 1.29 is 4.79 Å². The van der Waals surface area contributed by atoms with E-state index in [9.17, 15) is 4.79 Å². The first-order valence-corrected chi connectivity index (χ1v) is 4.75. The molecule has 0 saturated heterocycles. The molecule has 2 N–H and O–H groups in total. The smallest absolute Gasteiger partial charge is 0.227 e. The highest BCUT2D eigenvalue weighted by Crippen LogP contribution is 2.30. The molecule has 0 bridgehead atoms. The Balaban J connectivity index is 2.53. The molecule has 3 nitrogen and oxygen atoms in total. The van der Waals surface area contributed by atoms with Gasteiger partial charge >= 0.3 is 0 Å². The van der Waals surface area contributed by atoms with Gasteiger partial charge in [0.2, 0.25) is 5.91 Å². The molecule has 3 heteroatoms. The van der Waals surface area contributed by atoms with Gasteiger partial charge in [-0.2, -0.15) is 0 Å². The lowest BCUT2D eigenvalue weighted by Crippen LogP contribution is -2.39. The van der Waals surface area contributed by atoms with Crippen molar-refractivity contribution in [2.75, 3.05) is 6.54 Å². The third kappa shape index (κ3) is 2.31. The molecule has 0 heterocycles. The molecule has 74 valence electrons. The van der Waals surface area contributed by atoms with E-state index in [1.54, 1.807) is 6.08 Å². The van der Waals surface area contributed by atoms with Crippen LogP contribution in [0.3, 0.4) is 0 Å². The molecule has 1 fully saturated rings. The maximum Gasteiger partial charge on any atom is 0.227 e. The first-order chi connectivity index (χ1) is 6.07. The van der Waals surface area contributed by atoms with Crippen molar-refractivity contribution in [2.45, 2.75) is 32.4 Å². The summed E-state index contributed by atoms with van der Waals surface area (Å²) in [5.74, 6) is 0.254. The predicted molar refractivity (Wildman–Crippen MR) is 53.1 cm³/mol. The number of nitrogens with two attached hydrogens (primary N) is 1. The summed E-state index contributed by atoms with van der Waals surface area (Å²) in [6.07, 6.45) is 2.60. The molecule has 0 spiro atoms. The molecule has 2 atom stereocenters. The van der Waals surface area contributed by atoms with Crippen molar-refractivity contribution in [1.82, 2.24) is 4.90 Å². The van der Waals surface area contributed by atoms with Crippen molar-refractivity contribution >= 4 is 5.91 Å². The van der Waals surface area contributed by atoms with Crippen molar-refractivity contribution in [2.24, 2.45) is 11.7 Å². The Bertz CT molecular complexity index is 213. The van der Waals surface area contributed by atoms with E-state index in [0.29, 0.717) is 6.54 Å². The van der Waals surface area contributed by atoms with Crippen LogP contribution in [-0.2, 0) is 4.79 Å². The van der Waals surface area contributed by atoms with Gasteiger partial charge < -0.3 is 10.6 Å². The Kier molecular flexibility index (Phi) is 3.09. The highest BCUT2D eigenvalue weighted by molar-refractivity contribution is 5.82. The summed E-state index contributed by atoms with van der Waals surface area (Å²) < 4.78 is 0. The van der Waals surface area contributed by atoms with E-state index in [1.807, 2.05) is 18.7 Å².